The maximum absolute atomic E-state index is 13.0. The van der Waals surface area contributed by atoms with Crippen LogP contribution in [0, 0.1) is 5.82 Å². The summed E-state index contributed by atoms with van der Waals surface area (Å²) < 4.78 is 40.6. The lowest BCUT2D eigenvalue weighted by Crippen LogP contribution is -2.38. The molecule has 0 spiro atoms. The van der Waals surface area contributed by atoms with Crippen LogP contribution in [-0.4, -0.2) is 26.0 Å². The van der Waals surface area contributed by atoms with Crippen LogP contribution < -0.4 is 4.72 Å². The van der Waals surface area contributed by atoms with Crippen LogP contribution in [0.4, 0.5) is 4.39 Å². The first-order chi connectivity index (χ1) is 9.38. The number of hydrogen-bond donors (Lipinski definition) is 1. The minimum absolute atomic E-state index is 0.000420. The highest BCUT2D eigenvalue weighted by molar-refractivity contribution is 9.10. The molecule has 1 aliphatic carbocycles. The van der Waals surface area contributed by atoms with E-state index in [-0.39, 0.29) is 14.1 Å². The second-order valence-corrected chi connectivity index (χ2v) is 8.86. The molecule has 7 heteroatoms. The van der Waals surface area contributed by atoms with E-state index in [1.54, 1.807) is 11.8 Å². The first-order valence-electron chi connectivity index (χ1n) is 6.38. The van der Waals surface area contributed by atoms with Crippen molar-refractivity contribution in [1.82, 2.24) is 4.72 Å². The monoisotopic (exact) mass is 381 g/mol. The van der Waals surface area contributed by atoms with Crippen LogP contribution in [0.1, 0.15) is 25.7 Å². The van der Waals surface area contributed by atoms with E-state index in [4.69, 9.17) is 0 Å². The Hall–Kier alpha value is -0.110. The first-order valence-corrected chi connectivity index (χ1v) is 9.89. The minimum Gasteiger partial charge on any atom is -0.210 e. The molecular weight excluding hydrogens is 365 g/mol. The van der Waals surface area contributed by atoms with E-state index in [0.717, 1.165) is 37.8 Å². The molecule has 3 nitrogen and oxygen atoms in total. The van der Waals surface area contributed by atoms with Gasteiger partial charge in [-0.3, -0.25) is 0 Å². The lowest BCUT2D eigenvalue weighted by Gasteiger charge is -2.26. The molecule has 1 fully saturated rings. The fourth-order valence-corrected chi connectivity index (χ4v) is 5.65. The van der Waals surface area contributed by atoms with Crippen molar-refractivity contribution in [3.63, 3.8) is 0 Å². The van der Waals surface area contributed by atoms with Crippen LogP contribution in [0.5, 0.6) is 0 Å². The molecule has 1 aliphatic rings. The number of halogens is 2. The Labute approximate surface area is 131 Å². The van der Waals surface area contributed by atoms with E-state index in [0.29, 0.717) is 6.54 Å². The number of rotatable bonds is 5. The van der Waals surface area contributed by atoms with E-state index in [1.165, 1.54) is 6.07 Å². The summed E-state index contributed by atoms with van der Waals surface area (Å²) in [5, 5.41) is 0. The van der Waals surface area contributed by atoms with Gasteiger partial charge in [0, 0.05) is 15.8 Å². The third-order valence-electron chi connectivity index (χ3n) is 3.72. The summed E-state index contributed by atoms with van der Waals surface area (Å²) in [6.07, 6.45) is 6.36. The Morgan fingerprint density at radius 1 is 1.40 bits per heavy atom. The van der Waals surface area contributed by atoms with Gasteiger partial charge in [0.25, 0.3) is 0 Å². The van der Waals surface area contributed by atoms with Crippen molar-refractivity contribution < 1.29 is 12.8 Å². The van der Waals surface area contributed by atoms with Gasteiger partial charge in [-0.05, 0) is 53.2 Å². The summed E-state index contributed by atoms with van der Waals surface area (Å²) in [5.41, 5.74) is 0. The highest BCUT2D eigenvalue weighted by Crippen LogP contribution is 2.39. The molecule has 0 radical (unpaired) electrons. The third kappa shape index (κ3) is 3.55. The SMILES string of the molecule is CSC1(CNS(=O)(=O)c2ccc(F)cc2Br)CCCC1. The molecule has 0 heterocycles. The Balaban J connectivity index is 2.15. The van der Waals surface area contributed by atoms with Crippen molar-refractivity contribution in [2.45, 2.75) is 35.3 Å². The molecular formula is C13H17BrFNO2S2. The maximum Gasteiger partial charge on any atom is 0.241 e. The number of benzene rings is 1. The lowest BCUT2D eigenvalue weighted by atomic mass is 10.1. The predicted molar refractivity (Wildman–Crippen MR) is 84.0 cm³/mol. The summed E-state index contributed by atoms with van der Waals surface area (Å²) in [6.45, 7) is 0.417. The van der Waals surface area contributed by atoms with Gasteiger partial charge >= 0.3 is 0 Å². The van der Waals surface area contributed by atoms with Gasteiger partial charge in [0.2, 0.25) is 10.0 Å². The van der Waals surface area contributed by atoms with Crippen molar-refractivity contribution in [3.8, 4) is 0 Å². The maximum atomic E-state index is 13.0. The quantitative estimate of drug-likeness (QED) is 0.848. The van der Waals surface area contributed by atoms with E-state index < -0.39 is 15.8 Å². The smallest absolute Gasteiger partial charge is 0.210 e. The summed E-state index contributed by atoms with van der Waals surface area (Å²) in [4.78, 5) is 0.0770. The van der Waals surface area contributed by atoms with Crippen molar-refractivity contribution in [3.05, 3.63) is 28.5 Å². The van der Waals surface area contributed by atoms with E-state index in [1.807, 2.05) is 6.26 Å². The standard InChI is InChI=1S/C13H17BrFNO2S2/c1-19-13(6-2-3-7-13)9-16-20(17,18)12-5-4-10(15)8-11(12)14/h4-5,8,16H,2-3,6-7,9H2,1H3. The lowest BCUT2D eigenvalue weighted by molar-refractivity contribution is 0.550. The summed E-state index contributed by atoms with van der Waals surface area (Å²) in [5.74, 6) is -0.466. The minimum atomic E-state index is -3.62. The largest absolute Gasteiger partial charge is 0.241 e. The van der Waals surface area contributed by atoms with Crippen molar-refractivity contribution in [2.75, 3.05) is 12.8 Å². The van der Waals surface area contributed by atoms with Crippen LogP contribution in [0.25, 0.3) is 0 Å². The van der Waals surface area contributed by atoms with E-state index in [9.17, 15) is 12.8 Å². The summed E-state index contributed by atoms with van der Waals surface area (Å²) in [6, 6.07) is 3.59. The van der Waals surface area contributed by atoms with Crippen molar-refractivity contribution in [1.29, 1.82) is 0 Å². The van der Waals surface area contributed by atoms with Crippen LogP contribution >= 0.6 is 27.7 Å². The normalized spacial score (nSPS) is 18.4. The molecule has 0 amide bonds. The molecule has 0 atom stereocenters. The van der Waals surface area contributed by atoms with E-state index >= 15 is 0 Å². The molecule has 1 aromatic carbocycles. The van der Waals surface area contributed by atoms with Gasteiger partial charge in [0.05, 0.1) is 4.90 Å². The zero-order chi connectivity index (χ0) is 14.8. The van der Waals surface area contributed by atoms with Gasteiger partial charge in [0.1, 0.15) is 5.82 Å². The Morgan fingerprint density at radius 3 is 2.60 bits per heavy atom. The second-order valence-electron chi connectivity index (χ2n) is 4.99. The van der Waals surface area contributed by atoms with E-state index in [2.05, 4.69) is 20.7 Å². The van der Waals surface area contributed by atoms with Crippen molar-refractivity contribution >= 4 is 37.7 Å². The predicted octanol–water partition coefficient (Wildman–Crippen LogP) is 3.54. The van der Waals surface area contributed by atoms with Gasteiger partial charge in [-0.2, -0.15) is 11.8 Å². The first kappa shape index (κ1) is 16.3. The molecule has 1 N–H and O–H groups in total. The number of thioether (sulfide) groups is 1. The number of hydrogen-bond acceptors (Lipinski definition) is 3. The average Bonchev–Trinajstić information content (AvgIpc) is 2.85. The Kier molecular flexibility index (Phi) is 5.15. The van der Waals surface area contributed by atoms with Crippen LogP contribution in [-0.2, 0) is 10.0 Å². The van der Waals surface area contributed by atoms with Crippen LogP contribution in [0.2, 0.25) is 0 Å². The average molecular weight is 382 g/mol. The van der Waals surface area contributed by atoms with Gasteiger partial charge in [-0.25, -0.2) is 17.5 Å². The van der Waals surface area contributed by atoms with Gasteiger partial charge in [-0.15, -0.1) is 0 Å². The molecule has 0 aromatic heterocycles. The highest BCUT2D eigenvalue weighted by atomic mass is 79.9. The second kappa shape index (κ2) is 6.34. The zero-order valence-corrected chi connectivity index (χ0v) is 14.4. The highest BCUT2D eigenvalue weighted by Gasteiger charge is 2.34. The fourth-order valence-electron chi connectivity index (χ4n) is 2.47. The third-order valence-corrected chi connectivity index (χ3v) is 7.51. The number of nitrogens with one attached hydrogen (secondary N) is 1. The Morgan fingerprint density at radius 2 is 2.05 bits per heavy atom. The summed E-state index contributed by atoms with van der Waals surface area (Å²) >= 11 is 4.83. The molecule has 2 rings (SSSR count). The molecule has 0 unspecified atom stereocenters. The fraction of sp³-hybridized carbons (Fsp3) is 0.538. The molecule has 0 saturated heterocycles. The van der Waals surface area contributed by atoms with Crippen LogP contribution in [0.15, 0.2) is 27.6 Å². The molecule has 0 bridgehead atoms. The topological polar surface area (TPSA) is 46.2 Å². The molecule has 20 heavy (non-hydrogen) atoms. The van der Waals surface area contributed by atoms with Gasteiger partial charge < -0.3 is 0 Å². The van der Waals surface area contributed by atoms with Crippen LogP contribution in [0.3, 0.4) is 0 Å². The Bertz CT molecular complexity index is 586. The molecule has 1 aromatic rings. The zero-order valence-electron chi connectivity index (χ0n) is 11.2. The summed E-state index contributed by atoms with van der Waals surface area (Å²) in [7, 11) is -3.62. The molecule has 1 saturated carbocycles. The van der Waals surface area contributed by atoms with Gasteiger partial charge in [-0.1, -0.05) is 12.8 Å². The molecule has 0 aliphatic heterocycles. The van der Waals surface area contributed by atoms with Crippen molar-refractivity contribution in [2.24, 2.45) is 0 Å². The molecule has 112 valence electrons. The number of sulfonamides is 1. The van der Waals surface area contributed by atoms with Gasteiger partial charge in [0.15, 0.2) is 0 Å².